The number of hydrogen-bond donors (Lipinski definition) is 1. The van der Waals surface area contributed by atoms with E-state index in [2.05, 4.69) is 15.5 Å². The van der Waals surface area contributed by atoms with Crippen molar-refractivity contribution in [3.63, 3.8) is 0 Å². The number of amides is 1. The Balaban J connectivity index is 1.54. The number of hydrazone groups is 1. The largest absolute Gasteiger partial charge is 0.496 e. The number of nitrogens with zero attached hydrogens (tertiary/aromatic N) is 3. The molecule has 0 radical (unpaired) electrons. The maximum atomic E-state index is 13.2. The van der Waals surface area contributed by atoms with Crippen LogP contribution in [0.1, 0.15) is 5.56 Å². The maximum absolute atomic E-state index is 13.2. The normalized spacial score (nSPS) is 11.0. The maximum Gasteiger partial charge on any atom is 0.266 e. The molecule has 0 fully saturated rings. The Morgan fingerprint density at radius 2 is 1.78 bits per heavy atom. The molecule has 1 amide bonds. The molecule has 0 unspecified atom stereocenters. The minimum absolute atomic E-state index is 0.0425. The van der Waals surface area contributed by atoms with Gasteiger partial charge in [-0.1, -0.05) is 54.2 Å². The number of benzene rings is 3. The Morgan fingerprint density at radius 3 is 2.59 bits per heavy atom. The zero-order valence-corrected chi connectivity index (χ0v) is 18.1. The van der Waals surface area contributed by atoms with Crippen molar-refractivity contribution in [2.45, 2.75) is 5.16 Å². The van der Waals surface area contributed by atoms with E-state index in [0.717, 1.165) is 5.56 Å². The van der Waals surface area contributed by atoms with Crippen LogP contribution in [0.2, 0.25) is 0 Å². The standard InChI is InChI=1S/C24H20N4O3S/c1-31-21-14-8-5-9-17(21)15-25-27-22(29)16-32-24-26-20-13-7-6-12-19(20)23(30)28(24)18-10-3-2-4-11-18/h2-15H,16H2,1H3,(H,27,29)/b25-15-. The van der Waals surface area contributed by atoms with Crippen molar-refractivity contribution in [1.82, 2.24) is 15.0 Å². The summed E-state index contributed by atoms with van der Waals surface area (Å²) in [6.07, 6.45) is 1.52. The summed E-state index contributed by atoms with van der Waals surface area (Å²) in [4.78, 5) is 30.1. The van der Waals surface area contributed by atoms with Crippen LogP contribution in [-0.4, -0.2) is 34.5 Å². The highest BCUT2D eigenvalue weighted by atomic mass is 32.2. The highest BCUT2D eigenvalue weighted by Crippen LogP contribution is 2.21. The summed E-state index contributed by atoms with van der Waals surface area (Å²) in [5.41, 5.74) is 4.34. The highest BCUT2D eigenvalue weighted by Gasteiger charge is 2.14. The Labute approximate surface area is 188 Å². The molecular formula is C24H20N4O3S. The van der Waals surface area contributed by atoms with Gasteiger partial charge in [0.1, 0.15) is 5.75 Å². The quantitative estimate of drug-likeness (QED) is 0.204. The first-order valence-corrected chi connectivity index (χ1v) is 10.8. The third-order valence-electron chi connectivity index (χ3n) is 4.62. The molecule has 0 aliphatic carbocycles. The summed E-state index contributed by atoms with van der Waals surface area (Å²) >= 11 is 1.17. The van der Waals surface area contributed by atoms with Crippen molar-refractivity contribution in [3.8, 4) is 11.4 Å². The SMILES string of the molecule is COc1ccccc1/C=N\NC(=O)CSc1nc2ccccc2c(=O)n1-c1ccccc1. The van der Waals surface area contributed by atoms with Crippen molar-refractivity contribution in [2.75, 3.05) is 12.9 Å². The Morgan fingerprint density at radius 1 is 1.06 bits per heavy atom. The van der Waals surface area contributed by atoms with Crippen LogP contribution in [0.25, 0.3) is 16.6 Å². The summed E-state index contributed by atoms with van der Waals surface area (Å²) in [7, 11) is 1.57. The zero-order chi connectivity index (χ0) is 22.3. The van der Waals surface area contributed by atoms with Gasteiger partial charge in [0.15, 0.2) is 5.16 Å². The number of carbonyl (C=O) groups is 1. The first-order valence-electron chi connectivity index (χ1n) is 9.82. The van der Waals surface area contributed by atoms with Crippen molar-refractivity contribution >= 4 is 34.8 Å². The molecule has 0 aliphatic heterocycles. The van der Waals surface area contributed by atoms with Gasteiger partial charge < -0.3 is 4.74 Å². The van der Waals surface area contributed by atoms with Gasteiger partial charge in [0.2, 0.25) is 0 Å². The lowest BCUT2D eigenvalue weighted by atomic mass is 10.2. The lowest BCUT2D eigenvalue weighted by molar-refractivity contribution is -0.118. The first kappa shape index (κ1) is 21.3. The fraction of sp³-hybridized carbons (Fsp3) is 0.0833. The molecule has 0 bridgehead atoms. The fourth-order valence-electron chi connectivity index (χ4n) is 3.12. The topological polar surface area (TPSA) is 85.6 Å². The number of fused-ring (bicyclic) bond motifs is 1. The average Bonchev–Trinajstić information content (AvgIpc) is 2.83. The van der Waals surface area contributed by atoms with E-state index in [1.807, 2.05) is 60.7 Å². The van der Waals surface area contributed by atoms with E-state index in [0.29, 0.717) is 27.5 Å². The van der Waals surface area contributed by atoms with Crippen LogP contribution in [0.4, 0.5) is 0 Å². The number of para-hydroxylation sites is 3. The van der Waals surface area contributed by atoms with Crippen molar-refractivity contribution in [3.05, 3.63) is 94.8 Å². The molecule has 7 nitrogen and oxygen atoms in total. The number of thioether (sulfide) groups is 1. The molecule has 4 aromatic rings. The Hall–Kier alpha value is -3.91. The van der Waals surface area contributed by atoms with Crippen LogP contribution in [0.5, 0.6) is 5.75 Å². The molecule has 160 valence electrons. The van der Waals surface area contributed by atoms with E-state index in [-0.39, 0.29) is 17.2 Å². The first-order chi connectivity index (χ1) is 15.7. The molecule has 0 saturated carbocycles. The summed E-state index contributed by atoms with van der Waals surface area (Å²) in [5, 5.41) is 4.96. The third kappa shape index (κ3) is 4.70. The smallest absolute Gasteiger partial charge is 0.266 e. The molecule has 8 heteroatoms. The van der Waals surface area contributed by atoms with Gasteiger partial charge in [0.25, 0.3) is 11.5 Å². The summed E-state index contributed by atoms with van der Waals surface area (Å²) in [6, 6.07) is 23.8. The van der Waals surface area contributed by atoms with Crippen LogP contribution in [0.15, 0.2) is 93.9 Å². The fourth-order valence-corrected chi connectivity index (χ4v) is 3.93. The predicted molar refractivity (Wildman–Crippen MR) is 127 cm³/mol. The van der Waals surface area contributed by atoms with E-state index in [1.165, 1.54) is 22.5 Å². The number of nitrogens with one attached hydrogen (secondary N) is 1. The lowest BCUT2D eigenvalue weighted by Crippen LogP contribution is -2.24. The molecule has 1 heterocycles. The van der Waals surface area contributed by atoms with Gasteiger partial charge in [-0.15, -0.1) is 0 Å². The van der Waals surface area contributed by atoms with E-state index >= 15 is 0 Å². The van der Waals surface area contributed by atoms with Gasteiger partial charge in [-0.2, -0.15) is 5.10 Å². The van der Waals surface area contributed by atoms with Gasteiger partial charge in [-0.25, -0.2) is 10.4 Å². The number of hydrogen-bond acceptors (Lipinski definition) is 6. The van der Waals surface area contributed by atoms with Gasteiger partial charge in [0.05, 0.1) is 35.7 Å². The van der Waals surface area contributed by atoms with Crippen molar-refractivity contribution < 1.29 is 9.53 Å². The van der Waals surface area contributed by atoms with Crippen molar-refractivity contribution in [1.29, 1.82) is 0 Å². The molecule has 32 heavy (non-hydrogen) atoms. The van der Waals surface area contributed by atoms with Crippen LogP contribution in [0, 0.1) is 0 Å². The minimum atomic E-state index is -0.317. The van der Waals surface area contributed by atoms with Crippen molar-refractivity contribution in [2.24, 2.45) is 5.10 Å². The van der Waals surface area contributed by atoms with Gasteiger partial charge in [-0.3, -0.25) is 14.2 Å². The second kappa shape index (κ2) is 9.93. The van der Waals surface area contributed by atoms with Crippen LogP contribution < -0.4 is 15.7 Å². The number of aromatic nitrogens is 2. The van der Waals surface area contributed by atoms with Gasteiger partial charge in [0, 0.05) is 5.56 Å². The van der Waals surface area contributed by atoms with Crippen LogP contribution >= 0.6 is 11.8 Å². The molecule has 0 atom stereocenters. The van der Waals surface area contributed by atoms with E-state index < -0.39 is 0 Å². The van der Waals surface area contributed by atoms with Crippen LogP contribution in [0.3, 0.4) is 0 Å². The Kier molecular flexibility index (Phi) is 6.62. The van der Waals surface area contributed by atoms with Crippen LogP contribution in [-0.2, 0) is 4.79 Å². The Bertz CT molecular complexity index is 1340. The molecule has 0 spiro atoms. The zero-order valence-electron chi connectivity index (χ0n) is 17.3. The molecule has 3 aromatic carbocycles. The van der Waals surface area contributed by atoms with E-state index in [9.17, 15) is 9.59 Å². The van der Waals surface area contributed by atoms with E-state index in [4.69, 9.17) is 4.74 Å². The molecule has 0 aliphatic rings. The van der Waals surface area contributed by atoms with E-state index in [1.54, 1.807) is 25.3 Å². The van der Waals surface area contributed by atoms with Gasteiger partial charge >= 0.3 is 0 Å². The molecule has 0 saturated heterocycles. The molecular weight excluding hydrogens is 424 g/mol. The number of rotatable bonds is 7. The number of methoxy groups -OCH3 is 1. The minimum Gasteiger partial charge on any atom is -0.496 e. The second-order valence-electron chi connectivity index (χ2n) is 6.71. The summed E-state index contributed by atoms with van der Waals surface area (Å²) in [6.45, 7) is 0. The van der Waals surface area contributed by atoms with Gasteiger partial charge in [-0.05, 0) is 36.4 Å². The molecule has 1 aromatic heterocycles. The summed E-state index contributed by atoms with van der Waals surface area (Å²) < 4.78 is 6.79. The summed E-state index contributed by atoms with van der Waals surface area (Å²) in [5.74, 6) is 0.385. The number of ether oxygens (including phenoxy) is 1. The average molecular weight is 445 g/mol. The second-order valence-corrected chi connectivity index (χ2v) is 7.65. The predicted octanol–water partition coefficient (Wildman–Crippen LogP) is 3.64. The third-order valence-corrected chi connectivity index (χ3v) is 5.56. The number of carbonyl (C=O) groups excluding carboxylic acids is 1. The lowest BCUT2D eigenvalue weighted by Gasteiger charge is -2.12. The monoisotopic (exact) mass is 444 g/mol. The molecule has 1 N–H and O–H groups in total. The molecule has 4 rings (SSSR count). The highest BCUT2D eigenvalue weighted by molar-refractivity contribution is 7.99.